The molecule has 0 aliphatic carbocycles. The van der Waals surface area contributed by atoms with Gasteiger partial charge in [-0.1, -0.05) is 13.8 Å². The first-order valence-electron chi connectivity index (χ1n) is 5.67. The second-order valence-electron chi connectivity index (χ2n) is 4.89. The third-order valence-corrected chi connectivity index (χ3v) is 2.41. The van der Waals surface area contributed by atoms with Crippen LogP contribution in [-0.4, -0.2) is 35.3 Å². The Kier molecular flexibility index (Phi) is 4.56. The minimum atomic E-state index is -4.60. The van der Waals surface area contributed by atoms with E-state index in [1.807, 2.05) is 0 Å². The number of halogens is 3. The van der Waals surface area contributed by atoms with Gasteiger partial charge >= 0.3 is 6.18 Å². The zero-order valence-electron chi connectivity index (χ0n) is 11.0. The SMILES string of the molecule is CNc1cc(NCC(C)(C)CO)nc(C(F)(F)F)n1. The number of aliphatic hydroxyl groups excluding tert-OH is 1. The van der Waals surface area contributed by atoms with Gasteiger partial charge in [0.2, 0.25) is 5.82 Å². The van der Waals surface area contributed by atoms with Gasteiger partial charge in [-0.25, -0.2) is 9.97 Å². The van der Waals surface area contributed by atoms with Gasteiger partial charge in [0.15, 0.2) is 0 Å². The Morgan fingerprint density at radius 2 is 1.79 bits per heavy atom. The lowest BCUT2D eigenvalue weighted by Gasteiger charge is -2.22. The minimum Gasteiger partial charge on any atom is -0.396 e. The van der Waals surface area contributed by atoms with E-state index in [1.54, 1.807) is 13.8 Å². The molecular weight excluding hydrogens is 261 g/mol. The van der Waals surface area contributed by atoms with Crippen LogP contribution in [0.4, 0.5) is 24.8 Å². The number of aliphatic hydroxyl groups is 1. The molecule has 0 spiro atoms. The molecule has 0 aliphatic rings. The number of rotatable bonds is 5. The largest absolute Gasteiger partial charge is 0.451 e. The molecule has 0 saturated heterocycles. The number of anilines is 2. The van der Waals surface area contributed by atoms with Gasteiger partial charge in [-0.3, -0.25) is 0 Å². The van der Waals surface area contributed by atoms with Crippen LogP contribution >= 0.6 is 0 Å². The van der Waals surface area contributed by atoms with Gasteiger partial charge in [-0.15, -0.1) is 0 Å². The zero-order chi connectivity index (χ0) is 14.7. The van der Waals surface area contributed by atoms with Crippen LogP contribution in [0.5, 0.6) is 0 Å². The van der Waals surface area contributed by atoms with Crippen LogP contribution in [0.25, 0.3) is 0 Å². The molecule has 0 amide bonds. The van der Waals surface area contributed by atoms with Crippen molar-refractivity contribution in [2.24, 2.45) is 5.41 Å². The summed E-state index contributed by atoms with van der Waals surface area (Å²) in [6, 6.07) is 1.38. The molecule has 108 valence electrons. The molecule has 3 N–H and O–H groups in total. The predicted octanol–water partition coefficient (Wildman–Crippen LogP) is 1.97. The highest BCUT2D eigenvalue weighted by molar-refractivity contribution is 5.47. The maximum atomic E-state index is 12.6. The van der Waals surface area contributed by atoms with Gasteiger partial charge in [0, 0.05) is 31.7 Å². The highest BCUT2D eigenvalue weighted by Gasteiger charge is 2.35. The normalized spacial score (nSPS) is 12.4. The molecule has 0 radical (unpaired) electrons. The second-order valence-corrected chi connectivity index (χ2v) is 4.89. The Morgan fingerprint density at radius 1 is 1.21 bits per heavy atom. The molecule has 0 aliphatic heterocycles. The highest BCUT2D eigenvalue weighted by atomic mass is 19.4. The first kappa shape index (κ1) is 15.5. The summed E-state index contributed by atoms with van der Waals surface area (Å²) < 4.78 is 37.8. The van der Waals surface area contributed by atoms with Crippen molar-refractivity contribution < 1.29 is 18.3 Å². The van der Waals surface area contributed by atoms with Crippen LogP contribution in [0.3, 0.4) is 0 Å². The van der Waals surface area contributed by atoms with Gasteiger partial charge in [-0.2, -0.15) is 13.2 Å². The summed E-state index contributed by atoms with van der Waals surface area (Å²) in [7, 11) is 1.48. The van der Waals surface area contributed by atoms with E-state index in [0.717, 1.165) is 0 Å². The second kappa shape index (κ2) is 5.60. The van der Waals surface area contributed by atoms with E-state index in [1.165, 1.54) is 13.1 Å². The summed E-state index contributed by atoms with van der Waals surface area (Å²) in [5, 5.41) is 14.4. The third-order valence-electron chi connectivity index (χ3n) is 2.41. The Hall–Kier alpha value is -1.57. The van der Waals surface area contributed by atoms with E-state index in [4.69, 9.17) is 5.11 Å². The summed E-state index contributed by atoms with van der Waals surface area (Å²) in [6.07, 6.45) is -4.60. The maximum absolute atomic E-state index is 12.6. The van der Waals surface area contributed by atoms with Gasteiger partial charge in [-0.05, 0) is 0 Å². The van der Waals surface area contributed by atoms with Crippen LogP contribution in [0.15, 0.2) is 6.07 Å². The van der Waals surface area contributed by atoms with Crippen molar-refractivity contribution in [3.8, 4) is 0 Å². The molecule has 1 aromatic heterocycles. The Balaban J connectivity index is 2.95. The van der Waals surface area contributed by atoms with Gasteiger partial charge < -0.3 is 15.7 Å². The molecule has 1 heterocycles. The van der Waals surface area contributed by atoms with Crippen LogP contribution in [0.1, 0.15) is 19.7 Å². The average Bonchev–Trinajstić information content (AvgIpc) is 2.35. The fourth-order valence-corrected chi connectivity index (χ4v) is 1.18. The summed E-state index contributed by atoms with van der Waals surface area (Å²) in [5.41, 5.74) is -0.455. The molecule has 0 fully saturated rings. The van der Waals surface area contributed by atoms with Crippen molar-refractivity contribution in [3.05, 3.63) is 11.9 Å². The highest BCUT2D eigenvalue weighted by Crippen LogP contribution is 2.28. The number of alkyl halides is 3. The van der Waals surface area contributed by atoms with E-state index < -0.39 is 17.4 Å². The fraction of sp³-hybridized carbons (Fsp3) is 0.636. The first-order chi connectivity index (χ1) is 8.68. The Bertz CT molecular complexity index is 434. The molecule has 0 aromatic carbocycles. The van der Waals surface area contributed by atoms with E-state index in [2.05, 4.69) is 20.6 Å². The molecule has 1 aromatic rings. The quantitative estimate of drug-likeness (QED) is 0.768. The fourth-order valence-electron chi connectivity index (χ4n) is 1.18. The van der Waals surface area contributed by atoms with Gasteiger partial charge in [0.1, 0.15) is 11.6 Å². The molecule has 1 rings (SSSR count). The number of aromatic nitrogens is 2. The predicted molar refractivity (Wildman–Crippen MR) is 65.9 cm³/mol. The number of hydrogen-bond donors (Lipinski definition) is 3. The summed E-state index contributed by atoms with van der Waals surface area (Å²) in [6.45, 7) is 3.77. The van der Waals surface area contributed by atoms with Crippen molar-refractivity contribution >= 4 is 11.6 Å². The van der Waals surface area contributed by atoms with Gasteiger partial charge in [0.25, 0.3) is 0 Å². The molecule has 0 saturated carbocycles. The van der Waals surface area contributed by atoms with E-state index in [0.29, 0.717) is 6.54 Å². The molecule has 5 nitrogen and oxygen atoms in total. The topological polar surface area (TPSA) is 70.1 Å². The monoisotopic (exact) mass is 278 g/mol. The van der Waals surface area contributed by atoms with Crippen LogP contribution < -0.4 is 10.6 Å². The maximum Gasteiger partial charge on any atom is 0.451 e. The minimum absolute atomic E-state index is 0.0631. The standard InChI is InChI=1S/C11H17F3N4O/c1-10(2,6-19)5-16-8-4-7(15-3)17-9(18-8)11(12,13)14/h4,19H,5-6H2,1-3H3,(H2,15,16,17,18). The summed E-state index contributed by atoms with van der Waals surface area (Å²) >= 11 is 0. The van der Waals surface area contributed by atoms with E-state index >= 15 is 0 Å². The van der Waals surface area contributed by atoms with Crippen molar-refractivity contribution in [1.29, 1.82) is 0 Å². The number of nitrogens with one attached hydrogen (secondary N) is 2. The van der Waals surface area contributed by atoms with Crippen molar-refractivity contribution in [2.75, 3.05) is 30.8 Å². The number of nitrogens with zero attached hydrogens (tertiary/aromatic N) is 2. The van der Waals surface area contributed by atoms with Crippen molar-refractivity contribution in [1.82, 2.24) is 9.97 Å². The third kappa shape index (κ3) is 4.55. The van der Waals surface area contributed by atoms with E-state index in [-0.39, 0.29) is 18.2 Å². The van der Waals surface area contributed by atoms with Gasteiger partial charge in [0.05, 0.1) is 0 Å². The molecule has 0 atom stereocenters. The molecule has 0 unspecified atom stereocenters. The smallest absolute Gasteiger partial charge is 0.396 e. The lowest BCUT2D eigenvalue weighted by Crippen LogP contribution is -2.27. The zero-order valence-corrected chi connectivity index (χ0v) is 11.0. The average molecular weight is 278 g/mol. The van der Waals surface area contributed by atoms with Crippen molar-refractivity contribution in [2.45, 2.75) is 20.0 Å². The lowest BCUT2D eigenvalue weighted by atomic mass is 9.95. The van der Waals surface area contributed by atoms with Crippen LogP contribution in [-0.2, 0) is 6.18 Å². The van der Waals surface area contributed by atoms with Crippen molar-refractivity contribution in [3.63, 3.8) is 0 Å². The van der Waals surface area contributed by atoms with Crippen LogP contribution in [0.2, 0.25) is 0 Å². The molecule has 19 heavy (non-hydrogen) atoms. The summed E-state index contributed by atoms with van der Waals surface area (Å²) in [4.78, 5) is 6.77. The number of hydrogen-bond acceptors (Lipinski definition) is 5. The lowest BCUT2D eigenvalue weighted by molar-refractivity contribution is -0.144. The molecule has 8 heteroatoms. The molecule has 0 bridgehead atoms. The van der Waals surface area contributed by atoms with Crippen LogP contribution in [0, 0.1) is 5.41 Å². The Morgan fingerprint density at radius 3 is 2.26 bits per heavy atom. The Labute approximate surface area is 109 Å². The molecular formula is C11H17F3N4O. The summed E-state index contributed by atoms with van der Waals surface area (Å²) in [5.74, 6) is -1.07. The van der Waals surface area contributed by atoms with E-state index in [9.17, 15) is 13.2 Å². The first-order valence-corrected chi connectivity index (χ1v) is 5.67.